The predicted octanol–water partition coefficient (Wildman–Crippen LogP) is 3.74. The number of carbonyl (C=O) groups is 2. The molecule has 1 aliphatic heterocycles. The monoisotopic (exact) mass is 385 g/mol. The summed E-state index contributed by atoms with van der Waals surface area (Å²) in [5, 5.41) is 6.29. The average Bonchev–Trinajstić information content (AvgIpc) is 2.77. The number of carbonyl (C=O) groups excluding carboxylic acids is 2. The van der Waals surface area contributed by atoms with Crippen molar-refractivity contribution in [1.29, 1.82) is 0 Å². The molecule has 29 heavy (non-hydrogen) atoms. The summed E-state index contributed by atoms with van der Waals surface area (Å²) in [6.45, 7) is 1.86. The van der Waals surface area contributed by atoms with Crippen LogP contribution in [-0.4, -0.2) is 24.4 Å². The van der Waals surface area contributed by atoms with Gasteiger partial charge in [-0.05, 0) is 30.2 Å². The highest BCUT2D eigenvalue weighted by Gasteiger charge is 2.31. The van der Waals surface area contributed by atoms with Gasteiger partial charge in [-0.15, -0.1) is 0 Å². The molecule has 2 amide bonds. The van der Waals surface area contributed by atoms with E-state index >= 15 is 0 Å². The van der Waals surface area contributed by atoms with E-state index in [4.69, 9.17) is 0 Å². The lowest BCUT2D eigenvalue weighted by Crippen LogP contribution is -2.50. The number of nitrogens with zero attached hydrogens (tertiary/aromatic N) is 1. The van der Waals surface area contributed by atoms with Crippen LogP contribution in [0.1, 0.15) is 24.1 Å². The second-order valence-electron chi connectivity index (χ2n) is 7.13. The van der Waals surface area contributed by atoms with Crippen molar-refractivity contribution in [2.75, 3.05) is 16.8 Å². The van der Waals surface area contributed by atoms with Gasteiger partial charge in [0.05, 0.1) is 23.5 Å². The van der Waals surface area contributed by atoms with E-state index in [0.29, 0.717) is 5.69 Å². The largest absolute Gasteiger partial charge is 0.323 e. The molecule has 4 rings (SSSR count). The van der Waals surface area contributed by atoms with Crippen LogP contribution < -0.4 is 15.5 Å². The smallest absolute Gasteiger partial charge is 0.244 e. The summed E-state index contributed by atoms with van der Waals surface area (Å²) < 4.78 is 0. The van der Waals surface area contributed by atoms with Gasteiger partial charge >= 0.3 is 0 Å². The molecule has 0 aromatic heterocycles. The van der Waals surface area contributed by atoms with E-state index in [2.05, 4.69) is 10.6 Å². The lowest BCUT2D eigenvalue weighted by molar-refractivity contribution is -0.123. The number of para-hydroxylation sites is 2. The van der Waals surface area contributed by atoms with E-state index in [-0.39, 0.29) is 24.4 Å². The van der Waals surface area contributed by atoms with Gasteiger partial charge in [0.2, 0.25) is 11.8 Å². The van der Waals surface area contributed by atoms with Crippen molar-refractivity contribution in [1.82, 2.24) is 5.32 Å². The van der Waals surface area contributed by atoms with Gasteiger partial charge in [0.25, 0.3) is 0 Å². The molecule has 3 aromatic carbocycles. The van der Waals surface area contributed by atoms with Crippen LogP contribution in [0.4, 0.5) is 11.4 Å². The highest BCUT2D eigenvalue weighted by Crippen LogP contribution is 2.30. The molecular formula is C24H23N3O2. The van der Waals surface area contributed by atoms with Crippen molar-refractivity contribution in [2.45, 2.75) is 19.0 Å². The van der Waals surface area contributed by atoms with Crippen LogP contribution in [0, 0.1) is 0 Å². The van der Waals surface area contributed by atoms with Crippen LogP contribution in [0.2, 0.25) is 0 Å². The van der Waals surface area contributed by atoms with Gasteiger partial charge in [0.15, 0.2) is 0 Å². The predicted molar refractivity (Wildman–Crippen MR) is 115 cm³/mol. The Kier molecular flexibility index (Phi) is 5.40. The van der Waals surface area contributed by atoms with E-state index in [0.717, 1.165) is 16.8 Å². The highest BCUT2D eigenvalue weighted by molar-refractivity contribution is 6.11. The summed E-state index contributed by atoms with van der Waals surface area (Å²) in [6, 6.07) is 26.9. The lowest BCUT2D eigenvalue weighted by atomic mass is 9.97. The van der Waals surface area contributed by atoms with Crippen molar-refractivity contribution in [2.24, 2.45) is 0 Å². The van der Waals surface area contributed by atoms with E-state index in [9.17, 15) is 9.59 Å². The third-order valence-corrected chi connectivity index (χ3v) is 5.09. The Morgan fingerprint density at radius 1 is 0.897 bits per heavy atom. The Balaban J connectivity index is 1.61. The molecule has 0 spiro atoms. The minimum Gasteiger partial charge on any atom is -0.323 e. The van der Waals surface area contributed by atoms with Crippen molar-refractivity contribution < 1.29 is 9.59 Å². The minimum absolute atomic E-state index is 0.0171. The first-order chi connectivity index (χ1) is 14.1. The second-order valence-corrected chi connectivity index (χ2v) is 7.13. The molecule has 1 aliphatic rings. The fourth-order valence-corrected chi connectivity index (χ4v) is 3.66. The first kappa shape index (κ1) is 18.9. The van der Waals surface area contributed by atoms with E-state index in [1.807, 2.05) is 91.9 Å². The number of hydrogen-bond donors (Lipinski definition) is 2. The van der Waals surface area contributed by atoms with Crippen molar-refractivity contribution in [3.8, 4) is 0 Å². The molecule has 3 aromatic rings. The molecule has 0 radical (unpaired) electrons. The molecule has 0 saturated heterocycles. The van der Waals surface area contributed by atoms with Crippen molar-refractivity contribution in [3.63, 3.8) is 0 Å². The Hall–Kier alpha value is -3.44. The summed E-state index contributed by atoms with van der Waals surface area (Å²) in [5.74, 6) is -0.323. The van der Waals surface area contributed by atoms with Gasteiger partial charge in [0.1, 0.15) is 6.54 Å². The fraction of sp³-hybridized carbons (Fsp3) is 0.167. The first-order valence-corrected chi connectivity index (χ1v) is 9.69. The molecule has 0 unspecified atom stereocenters. The number of anilines is 2. The molecule has 1 heterocycles. The zero-order chi connectivity index (χ0) is 20.2. The standard InChI is InChI=1S/C24H23N3O2/c1-17(24(29)27-16-22(28)26-20-14-8-9-15-21(20)27)25-23(18-10-4-2-5-11-18)19-12-6-3-7-13-19/h2-15,17,23,25H,16H2,1H3,(H,26,28)/t17-/m1/s1. The number of fused-ring (bicyclic) bond motifs is 1. The summed E-state index contributed by atoms with van der Waals surface area (Å²) in [4.78, 5) is 26.9. The molecule has 1 atom stereocenters. The third kappa shape index (κ3) is 4.05. The van der Waals surface area contributed by atoms with Gasteiger partial charge in [-0.2, -0.15) is 0 Å². The lowest BCUT2D eigenvalue weighted by Gasteiger charge is -2.32. The van der Waals surface area contributed by atoms with Gasteiger partial charge in [-0.25, -0.2) is 0 Å². The molecule has 0 aliphatic carbocycles. The van der Waals surface area contributed by atoms with Crippen LogP contribution in [0.25, 0.3) is 0 Å². The van der Waals surface area contributed by atoms with Crippen LogP contribution >= 0.6 is 0 Å². The summed E-state index contributed by atoms with van der Waals surface area (Å²) in [7, 11) is 0. The molecule has 0 saturated carbocycles. The van der Waals surface area contributed by atoms with E-state index in [1.165, 1.54) is 0 Å². The molecular weight excluding hydrogens is 362 g/mol. The number of hydrogen-bond acceptors (Lipinski definition) is 3. The van der Waals surface area contributed by atoms with Gasteiger partial charge < -0.3 is 5.32 Å². The molecule has 0 bridgehead atoms. The van der Waals surface area contributed by atoms with Crippen LogP contribution in [0.5, 0.6) is 0 Å². The molecule has 5 heteroatoms. The maximum atomic E-state index is 13.3. The molecule has 5 nitrogen and oxygen atoms in total. The maximum absolute atomic E-state index is 13.3. The van der Waals surface area contributed by atoms with Gasteiger partial charge in [-0.1, -0.05) is 72.8 Å². The number of rotatable bonds is 5. The maximum Gasteiger partial charge on any atom is 0.244 e. The molecule has 146 valence electrons. The minimum atomic E-state index is -0.487. The Bertz CT molecular complexity index is 965. The van der Waals surface area contributed by atoms with Crippen LogP contribution in [0.15, 0.2) is 84.9 Å². The van der Waals surface area contributed by atoms with E-state index < -0.39 is 6.04 Å². The fourth-order valence-electron chi connectivity index (χ4n) is 3.66. The normalized spacial score (nSPS) is 14.3. The zero-order valence-corrected chi connectivity index (χ0v) is 16.2. The Labute approximate surface area is 170 Å². The first-order valence-electron chi connectivity index (χ1n) is 9.69. The summed E-state index contributed by atoms with van der Waals surface area (Å²) in [5.41, 5.74) is 3.54. The van der Waals surface area contributed by atoms with Crippen molar-refractivity contribution in [3.05, 3.63) is 96.1 Å². The number of benzene rings is 3. The highest BCUT2D eigenvalue weighted by atomic mass is 16.2. The van der Waals surface area contributed by atoms with Gasteiger partial charge in [-0.3, -0.25) is 19.8 Å². The average molecular weight is 385 g/mol. The molecule has 0 fully saturated rings. The third-order valence-electron chi connectivity index (χ3n) is 5.09. The molecule has 2 N–H and O–H groups in total. The Morgan fingerprint density at radius 3 is 2.07 bits per heavy atom. The number of nitrogens with one attached hydrogen (secondary N) is 2. The van der Waals surface area contributed by atoms with E-state index in [1.54, 1.807) is 4.90 Å². The second kappa shape index (κ2) is 8.29. The van der Waals surface area contributed by atoms with Crippen molar-refractivity contribution >= 4 is 23.2 Å². The Morgan fingerprint density at radius 2 is 1.45 bits per heavy atom. The quantitative estimate of drug-likeness (QED) is 0.703. The topological polar surface area (TPSA) is 61.4 Å². The SMILES string of the molecule is C[C@@H](NC(c1ccccc1)c1ccccc1)C(=O)N1CC(=O)Nc2ccccc21. The number of amides is 2. The van der Waals surface area contributed by atoms with Crippen LogP contribution in [-0.2, 0) is 9.59 Å². The zero-order valence-electron chi connectivity index (χ0n) is 16.2. The summed E-state index contributed by atoms with van der Waals surface area (Å²) in [6.07, 6.45) is 0. The van der Waals surface area contributed by atoms with Crippen LogP contribution in [0.3, 0.4) is 0 Å². The summed E-state index contributed by atoms with van der Waals surface area (Å²) >= 11 is 0. The van der Waals surface area contributed by atoms with Gasteiger partial charge in [0, 0.05) is 0 Å².